The van der Waals surface area contributed by atoms with E-state index in [0.29, 0.717) is 24.2 Å². The zero-order valence-corrected chi connectivity index (χ0v) is 18.9. The normalized spacial score (nSPS) is 22.0. The van der Waals surface area contributed by atoms with Gasteiger partial charge in [0.2, 0.25) is 11.8 Å². The number of nitrogens with zero attached hydrogens (tertiary/aromatic N) is 4. The summed E-state index contributed by atoms with van der Waals surface area (Å²) in [5.74, 6) is 2.30. The Hall–Kier alpha value is -1.83. The smallest absolute Gasteiger partial charge is 0.225 e. The van der Waals surface area contributed by atoms with Crippen LogP contribution in [0.15, 0.2) is 4.99 Å². The predicted octanol–water partition coefficient (Wildman–Crippen LogP) is 0.744. The Kier molecular flexibility index (Phi) is 8.78. The van der Waals surface area contributed by atoms with E-state index in [9.17, 15) is 9.59 Å². The van der Waals surface area contributed by atoms with Crippen molar-refractivity contribution in [1.29, 1.82) is 0 Å². The van der Waals surface area contributed by atoms with E-state index >= 15 is 0 Å². The van der Waals surface area contributed by atoms with Crippen molar-refractivity contribution in [2.24, 2.45) is 16.8 Å². The largest absolute Gasteiger partial charge is 0.359 e. The molecule has 8 heteroatoms. The van der Waals surface area contributed by atoms with Crippen molar-refractivity contribution >= 4 is 17.8 Å². The van der Waals surface area contributed by atoms with E-state index in [2.05, 4.69) is 32.3 Å². The topological polar surface area (TPSA) is 80.3 Å². The highest BCUT2D eigenvalue weighted by molar-refractivity contribution is 5.80. The van der Waals surface area contributed by atoms with E-state index in [1.54, 1.807) is 7.05 Å². The molecule has 1 saturated carbocycles. The summed E-state index contributed by atoms with van der Waals surface area (Å²) in [6.45, 7) is 10.2. The fourth-order valence-corrected chi connectivity index (χ4v) is 4.54. The van der Waals surface area contributed by atoms with Crippen LogP contribution in [0.25, 0.3) is 0 Å². The van der Waals surface area contributed by atoms with Gasteiger partial charge in [0.15, 0.2) is 5.96 Å². The first kappa shape index (κ1) is 22.8. The number of hydrogen-bond donors (Lipinski definition) is 2. The molecule has 2 saturated heterocycles. The molecule has 170 valence electrons. The minimum absolute atomic E-state index is 0.142. The summed E-state index contributed by atoms with van der Waals surface area (Å²) in [7, 11) is 1.71. The number of nitrogens with one attached hydrogen (secondary N) is 2. The van der Waals surface area contributed by atoms with Gasteiger partial charge < -0.3 is 20.4 Å². The van der Waals surface area contributed by atoms with Crippen LogP contribution in [-0.4, -0.2) is 98.4 Å². The molecule has 0 bridgehead atoms. The molecule has 2 aliphatic heterocycles. The summed E-state index contributed by atoms with van der Waals surface area (Å²) in [5.41, 5.74) is 0. The quantitative estimate of drug-likeness (QED) is 0.469. The van der Waals surface area contributed by atoms with Crippen molar-refractivity contribution < 1.29 is 9.59 Å². The lowest BCUT2D eigenvalue weighted by atomic mass is 9.84. The fourth-order valence-electron chi connectivity index (χ4n) is 4.54. The summed E-state index contributed by atoms with van der Waals surface area (Å²) in [6, 6.07) is 0. The fraction of sp³-hybridized carbons (Fsp3) is 0.864. The molecule has 2 heterocycles. The number of carbonyl (C=O) groups excluding carboxylic acids is 2. The van der Waals surface area contributed by atoms with Crippen LogP contribution in [0.2, 0.25) is 0 Å². The van der Waals surface area contributed by atoms with E-state index in [4.69, 9.17) is 4.99 Å². The standard InChI is InChI=1S/C22H40N6O2/c1-3-24-22(28-10-7-18(8-11-28)17-20(29)23-2)25-9-12-26-13-15-27(16-14-26)21(30)19-5-4-6-19/h18-19H,3-17H2,1-2H3,(H,23,29)(H,24,25). The third kappa shape index (κ3) is 6.33. The third-order valence-electron chi connectivity index (χ3n) is 6.82. The van der Waals surface area contributed by atoms with Crippen LogP contribution in [0.1, 0.15) is 45.4 Å². The van der Waals surface area contributed by atoms with Gasteiger partial charge in [-0.25, -0.2) is 0 Å². The highest BCUT2D eigenvalue weighted by atomic mass is 16.2. The molecule has 2 amide bonds. The lowest BCUT2D eigenvalue weighted by Crippen LogP contribution is -2.51. The molecule has 3 aliphatic rings. The second-order valence-electron chi connectivity index (χ2n) is 8.84. The van der Waals surface area contributed by atoms with Crippen molar-refractivity contribution in [2.75, 3.05) is 66.0 Å². The molecule has 1 aliphatic carbocycles. The first-order chi connectivity index (χ1) is 14.6. The second-order valence-corrected chi connectivity index (χ2v) is 8.84. The van der Waals surface area contributed by atoms with Crippen LogP contribution >= 0.6 is 0 Å². The number of guanidine groups is 1. The number of hydrogen-bond acceptors (Lipinski definition) is 4. The molecule has 3 rings (SSSR count). The maximum absolute atomic E-state index is 12.4. The molecule has 0 aromatic carbocycles. The summed E-state index contributed by atoms with van der Waals surface area (Å²) >= 11 is 0. The Bertz CT molecular complexity index is 590. The maximum Gasteiger partial charge on any atom is 0.225 e. The second kappa shape index (κ2) is 11.5. The maximum atomic E-state index is 12.4. The summed E-state index contributed by atoms with van der Waals surface area (Å²) in [5, 5.41) is 6.16. The zero-order chi connectivity index (χ0) is 21.3. The van der Waals surface area contributed by atoms with Gasteiger partial charge in [0, 0.05) is 71.7 Å². The van der Waals surface area contributed by atoms with Crippen LogP contribution in [0, 0.1) is 11.8 Å². The number of piperazine rings is 1. The van der Waals surface area contributed by atoms with Crippen LogP contribution in [0.3, 0.4) is 0 Å². The van der Waals surface area contributed by atoms with Gasteiger partial charge in [-0.1, -0.05) is 6.42 Å². The monoisotopic (exact) mass is 420 g/mol. The minimum Gasteiger partial charge on any atom is -0.359 e. The van der Waals surface area contributed by atoms with Crippen molar-refractivity contribution in [2.45, 2.75) is 45.4 Å². The molecule has 0 radical (unpaired) electrons. The van der Waals surface area contributed by atoms with Gasteiger partial charge in [0.05, 0.1) is 6.54 Å². The molecule has 8 nitrogen and oxygen atoms in total. The third-order valence-corrected chi connectivity index (χ3v) is 6.82. The van der Waals surface area contributed by atoms with Gasteiger partial charge in [-0.3, -0.25) is 19.5 Å². The average molecular weight is 421 g/mol. The molecule has 0 spiro atoms. The molecular weight excluding hydrogens is 380 g/mol. The molecule has 0 aromatic rings. The molecule has 3 fully saturated rings. The van der Waals surface area contributed by atoms with E-state index in [0.717, 1.165) is 90.5 Å². The summed E-state index contributed by atoms with van der Waals surface area (Å²) in [4.78, 5) is 35.7. The van der Waals surface area contributed by atoms with Gasteiger partial charge in [0.25, 0.3) is 0 Å². The first-order valence-electron chi connectivity index (χ1n) is 11.9. The van der Waals surface area contributed by atoms with Gasteiger partial charge in [-0.05, 0) is 38.5 Å². The lowest BCUT2D eigenvalue weighted by molar-refractivity contribution is -0.139. The van der Waals surface area contributed by atoms with Crippen LogP contribution in [-0.2, 0) is 9.59 Å². The van der Waals surface area contributed by atoms with E-state index < -0.39 is 0 Å². The molecular formula is C22H40N6O2. The number of rotatable bonds is 7. The minimum atomic E-state index is 0.142. The first-order valence-corrected chi connectivity index (χ1v) is 11.9. The number of carbonyl (C=O) groups is 2. The summed E-state index contributed by atoms with van der Waals surface area (Å²) in [6.07, 6.45) is 6.10. The zero-order valence-electron chi connectivity index (χ0n) is 18.9. The van der Waals surface area contributed by atoms with Crippen molar-refractivity contribution in [1.82, 2.24) is 25.3 Å². The van der Waals surface area contributed by atoms with Crippen molar-refractivity contribution in [3.63, 3.8) is 0 Å². The lowest BCUT2D eigenvalue weighted by Gasteiger charge is -2.38. The Labute approximate surface area is 181 Å². The highest BCUT2D eigenvalue weighted by Gasteiger charge is 2.31. The molecule has 2 N–H and O–H groups in total. The number of likely N-dealkylation sites (tertiary alicyclic amines) is 1. The highest BCUT2D eigenvalue weighted by Crippen LogP contribution is 2.28. The van der Waals surface area contributed by atoms with Gasteiger partial charge in [0.1, 0.15) is 0 Å². The van der Waals surface area contributed by atoms with Crippen LogP contribution in [0.4, 0.5) is 0 Å². The number of amides is 2. The SMILES string of the molecule is CCNC(=NCCN1CCN(C(=O)C2CCC2)CC1)N1CCC(CC(=O)NC)CC1. The Morgan fingerprint density at radius 3 is 2.23 bits per heavy atom. The molecule has 30 heavy (non-hydrogen) atoms. The predicted molar refractivity (Wildman–Crippen MR) is 119 cm³/mol. The van der Waals surface area contributed by atoms with Crippen LogP contribution in [0.5, 0.6) is 0 Å². The summed E-state index contributed by atoms with van der Waals surface area (Å²) < 4.78 is 0. The van der Waals surface area contributed by atoms with Gasteiger partial charge in [-0.2, -0.15) is 0 Å². The van der Waals surface area contributed by atoms with Gasteiger partial charge >= 0.3 is 0 Å². The van der Waals surface area contributed by atoms with E-state index in [-0.39, 0.29) is 5.91 Å². The molecule has 0 unspecified atom stereocenters. The average Bonchev–Trinajstić information content (AvgIpc) is 2.73. The number of aliphatic imine (C=N–C) groups is 1. The van der Waals surface area contributed by atoms with Crippen molar-refractivity contribution in [3.8, 4) is 0 Å². The molecule has 0 atom stereocenters. The van der Waals surface area contributed by atoms with E-state index in [1.807, 2.05) is 0 Å². The van der Waals surface area contributed by atoms with Crippen molar-refractivity contribution in [3.05, 3.63) is 0 Å². The number of piperidine rings is 1. The Morgan fingerprint density at radius 2 is 1.67 bits per heavy atom. The Balaban J connectivity index is 1.39. The van der Waals surface area contributed by atoms with Gasteiger partial charge in [-0.15, -0.1) is 0 Å². The van der Waals surface area contributed by atoms with E-state index in [1.165, 1.54) is 6.42 Å². The van der Waals surface area contributed by atoms with Crippen LogP contribution < -0.4 is 10.6 Å². The molecule has 0 aromatic heterocycles. The Morgan fingerprint density at radius 1 is 0.967 bits per heavy atom.